The van der Waals surface area contributed by atoms with E-state index in [0.717, 1.165) is 35.6 Å². The van der Waals surface area contributed by atoms with Crippen molar-refractivity contribution in [3.8, 4) is 11.5 Å². The molecule has 3 aromatic rings. The minimum Gasteiger partial charge on any atom is -0.508 e. The molecule has 0 fully saturated rings. The molecule has 0 atom stereocenters. The second-order valence-electron chi connectivity index (χ2n) is 7.32. The van der Waals surface area contributed by atoms with Gasteiger partial charge in [0, 0.05) is 12.5 Å². The Balaban J connectivity index is 0.000000735. The summed E-state index contributed by atoms with van der Waals surface area (Å²) in [5, 5.41) is 17.4. The third-order valence-corrected chi connectivity index (χ3v) is 7.02. The summed E-state index contributed by atoms with van der Waals surface area (Å²) in [6.07, 6.45) is 0.764. The summed E-state index contributed by atoms with van der Waals surface area (Å²) in [5.74, 6) is 0.434. The van der Waals surface area contributed by atoms with Gasteiger partial charge in [0.1, 0.15) is 11.5 Å². The molecule has 3 aromatic carbocycles. The van der Waals surface area contributed by atoms with Crippen LogP contribution in [0.5, 0.6) is 11.5 Å². The maximum atomic E-state index is 9.97. The van der Waals surface area contributed by atoms with Crippen molar-refractivity contribution in [3.63, 3.8) is 0 Å². The Morgan fingerprint density at radius 1 is 0.933 bits per heavy atom. The number of aliphatic carboxylic acids is 1. The zero-order valence-electron chi connectivity index (χ0n) is 18.1. The maximum absolute atomic E-state index is 9.97. The number of phenolic OH excluding ortho intramolecular Hbond substituents is 1. The van der Waals surface area contributed by atoms with E-state index in [2.05, 4.69) is 60.7 Å². The largest absolute Gasteiger partial charge is 0.508 e. The molecular weight excluding hydrogens is 392 g/mol. The fraction of sp³-hybridized carbons (Fsp3) is 0.240. The predicted molar refractivity (Wildman–Crippen MR) is 124 cm³/mol. The molecule has 0 saturated carbocycles. The van der Waals surface area contributed by atoms with Crippen molar-refractivity contribution in [3.05, 3.63) is 94.5 Å². The van der Waals surface area contributed by atoms with Crippen LogP contribution in [0.25, 0.3) is 0 Å². The van der Waals surface area contributed by atoms with Crippen molar-refractivity contribution in [1.82, 2.24) is 0 Å². The first-order valence-electron chi connectivity index (χ1n) is 10.0. The summed E-state index contributed by atoms with van der Waals surface area (Å²) in [6, 6.07) is 23.2. The molecule has 5 heteroatoms. The number of aromatic hydroxyl groups is 1. The summed E-state index contributed by atoms with van der Waals surface area (Å²) < 4.78 is 6.23. The molecule has 0 amide bonds. The van der Waals surface area contributed by atoms with E-state index < -0.39 is 15.5 Å². The average Bonchev–Trinajstić information content (AvgIpc) is 2.72. The zero-order valence-corrected chi connectivity index (χ0v) is 19.5. The Labute approximate surface area is 181 Å². The van der Waals surface area contributed by atoms with Gasteiger partial charge in [0.15, 0.2) is 0 Å². The summed E-state index contributed by atoms with van der Waals surface area (Å²) in [6.45, 7) is 7.03. The van der Waals surface area contributed by atoms with Gasteiger partial charge in [-0.15, -0.1) is 0 Å². The number of phenols is 1. The van der Waals surface area contributed by atoms with Gasteiger partial charge in [-0.1, -0.05) is 60.7 Å². The maximum Gasteiger partial charge on any atom is 0.300 e. The van der Waals surface area contributed by atoms with E-state index in [9.17, 15) is 5.11 Å². The van der Waals surface area contributed by atoms with Crippen LogP contribution >= 0.6 is 0 Å². The summed E-state index contributed by atoms with van der Waals surface area (Å²) in [4.78, 5) is 9.00. The monoisotopic (exact) mass is 422 g/mol. The van der Waals surface area contributed by atoms with Crippen LogP contribution in [0.2, 0.25) is 0 Å². The smallest absolute Gasteiger partial charge is 0.300 e. The zero-order chi connectivity index (χ0) is 22.1. The Kier molecular flexibility index (Phi) is 8.68. The number of rotatable bonds is 6. The van der Waals surface area contributed by atoms with E-state index in [1.807, 2.05) is 20.8 Å². The van der Waals surface area contributed by atoms with Gasteiger partial charge in [0.05, 0.1) is 15.7 Å². The standard InChI is InChI=1S/C23H26O2Si.C2H4O2/c1-16-14-21(24)17(2)18(3)22(16)25-15-26-23(19-10-6-4-7-11-19)20-12-8-5-9-13-20;1-2(3)4/h4-14,23-24H,15,26H2,1-3H3;1H3,(H,3,4). The molecule has 3 rings (SSSR count). The van der Waals surface area contributed by atoms with Crippen LogP contribution in [-0.2, 0) is 4.79 Å². The Hall–Kier alpha value is -3.05. The fourth-order valence-electron chi connectivity index (χ4n) is 3.43. The van der Waals surface area contributed by atoms with Crippen LogP contribution < -0.4 is 4.74 Å². The topological polar surface area (TPSA) is 66.8 Å². The van der Waals surface area contributed by atoms with E-state index in [1.54, 1.807) is 6.07 Å². The highest BCUT2D eigenvalue weighted by Gasteiger charge is 2.16. The quantitative estimate of drug-likeness (QED) is 0.565. The molecule has 4 nitrogen and oxygen atoms in total. The molecule has 0 aliphatic rings. The van der Waals surface area contributed by atoms with Gasteiger partial charge in [0.2, 0.25) is 0 Å². The fourth-order valence-corrected chi connectivity index (χ4v) is 5.20. The molecule has 0 heterocycles. The van der Waals surface area contributed by atoms with Crippen LogP contribution in [0.15, 0.2) is 66.7 Å². The number of hydrogen-bond donors (Lipinski definition) is 2. The Morgan fingerprint density at radius 3 is 1.87 bits per heavy atom. The molecule has 0 aromatic heterocycles. The number of carbonyl (C=O) groups is 1. The summed E-state index contributed by atoms with van der Waals surface area (Å²) in [5.41, 5.74) is 6.10. The van der Waals surface area contributed by atoms with Crippen LogP contribution in [0.3, 0.4) is 0 Å². The van der Waals surface area contributed by atoms with Crippen LogP contribution in [-0.4, -0.2) is 31.9 Å². The minimum atomic E-state index is -0.833. The molecule has 2 N–H and O–H groups in total. The molecule has 0 spiro atoms. The van der Waals surface area contributed by atoms with E-state index in [4.69, 9.17) is 14.6 Å². The molecule has 0 bridgehead atoms. The first-order chi connectivity index (χ1) is 14.3. The van der Waals surface area contributed by atoms with Crippen molar-refractivity contribution >= 4 is 15.5 Å². The summed E-state index contributed by atoms with van der Waals surface area (Å²) in [7, 11) is -0.554. The van der Waals surface area contributed by atoms with Gasteiger partial charge < -0.3 is 14.9 Å². The highest BCUT2D eigenvalue weighted by Crippen LogP contribution is 2.32. The third-order valence-electron chi connectivity index (χ3n) is 5.06. The van der Waals surface area contributed by atoms with Crippen molar-refractivity contribution in [2.24, 2.45) is 0 Å². The van der Waals surface area contributed by atoms with Gasteiger partial charge in [0.25, 0.3) is 5.97 Å². The highest BCUT2D eigenvalue weighted by molar-refractivity contribution is 6.39. The highest BCUT2D eigenvalue weighted by atomic mass is 28.2. The first-order valence-corrected chi connectivity index (χ1v) is 11.8. The lowest BCUT2D eigenvalue weighted by atomic mass is 10.0. The second kappa shape index (κ2) is 11.2. The lowest BCUT2D eigenvalue weighted by Gasteiger charge is -2.20. The molecule has 0 unspecified atom stereocenters. The van der Waals surface area contributed by atoms with E-state index in [1.165, 1.54) is 11.1 Å². The van der Waals surface area contributed by atoms with Crippen LogP contribution in [0, 0.1) is 20.8 Å². The average molecular weight is 423 g/mol. The number of carboxylic acid groups (broad SMARTS) is 1. The van der Waals surface area contributed by atoms with Crippen molar-refractivity contribution in [1.29, 1.82) is 0 Å². The van der Waals surface area contributed by atoms with Gasteiger partial charge in [-0.3, -0.25) is 4.79 Å². The second-order valence-corrected chi connectivity index (χ2v) is 9.12. The van der Waals surface area contributed by atoms with Gasteiger partial charge in [-0.05, 0) is 54.7 Å². The number of benzene rings is 3. The van der Waals surface area contributed by atoms with Crippen molar-refractivity contribution in [2.45, 2.75) is 33.2 Å². The van der Waals surface area contributed by atoms with Crippen LogP contribution in [0.4, 0.5) is 0 Å². The van der Waals surface area contributed by atoms with Crippen molar-refractivity contribution in [2.75, 3.05) is 6.23 Å². The van der Waals surface area contributed by atoms with Crippen molar-refractivity contribution < 1.29 is 19.7 Å². The van der Waals surface area contributed by atoms with Gasteiger partial charge in [-0.25, -0.2) is 0 Å². The molecule has 0 radical (unpaired) electrons. The van der Waals surface area contributed by atoms with E-state index in [-0.39, 0.29) is 0 Å². The number of ether oxygens (including phenoxy) is 1. The molecule has 158 valence electrons. The molecule has 0 aliphatic carbocycles. The van der Waals surface area contributed by atoms with Gasteiger partial charge >= 0.3 is 0 Å². The molecule has 30 heavy (non-hydrogen) atoms. The Bertz CT molecular complexity index is 912. The van der Waals surface area contributed by atoms with E-state index in [0.29, 0.717) is 11.3 Å². The summed E-state index contributed by atoms with van der Waals surface area (Å²) >= 11 is 0. The SMILES string of the molecule is CC(=O)O.Cc1cc(O)c(C)c(C)c1OC[SiH2]C(c1ccccc1)c1ccccc1. The number of aryl methyl sites for hydroxylation is 1. The van der Waals surface area contributed by atoms with Gasteiger partial charge in [-0.2, -0.15) is 0 Å². The van der Waals surface area contributed by atoms with Crippen LogP contribution in [0.1, 0.15) is 40.3 Å². The molecule has 0 saturated heterocycles. The lowest BCUT2D eigenvalue weighted by molar-refractivity contribution is -0.134. The predicted octanol–water partition coefficient (Wildman–Crippen LogP) is 4.70. The third kappa shape index (κ3) is 6.49. The number of hydrogen-bond acceptors (Lipinski definition) is 3. The van der Waals surface area contributed by atoms with E-state index >= 15 is 0 Å². The Morgan fingerprint density at radius 2 is 1.40 bits per heavy atom. The molecular formula is C25H30O4Si. The number of carboxylic acids is 1. The minimum absolute atomic E-state index is 0.344. The normalized spacial score (nSPS) is 10.7. The lowest BCUT2D eigenvalue weighted by Crippen LogP contribution is -2.18. The molecule has 0 aliphatic heterocycles. The first kappa shape index (κ1) is 23.2.